The number of rotatable bonds is 5. The molecule has 1 aliphatic rings. The molecule has 3 rings (SSSR count). The summed E-state index contributed by atoms with van der Waals surface area (Å²) in [6.07, 6.45) is 0.0189. The minimum atomic E-state index is -1.08. The summed E-state index contributed by atoms with van der Waals surface area (Å²) in [5, 5.41) is 12.1. The number of nitrogens with zero attached hydrogens (tertiary/aromatic N) is 1. The van der Waals surface area contributed by atoms with Crippen molar-refractivity contribution in [1.82, 2.24) is 0 Å². The van der Waals surface area contributed by atoms with Crippen molar-refractivity contribution in [2.75, 3.05) is 16.8 Å². The number of carbonyl (C=O) groups excluding carboxylic acids is 2. The molecule has 0 saturated heterocycles. The zero-order valence-electron chi connectivity index (χ0n) is 15.4. The van der Waals surface area contributed by atoms with E-state index in [9.17, 15) is 14.4 Å². The van der Waals surface area contributed by atoms with Crippen LogP contribution in [0.4, 0.5) is 11.4 Å². The molecular formula is C20H19ClN2O5. The highest BCUT2D eigenvalue weighted by molar-refractivity contribution is 6.31. The van der Waals surface area contributed by atoms with Crippen molar-refractivity contribution in [3.63, 3.8) is 0 Å². The largest absolute Gasteiger partial charge is 0.478 e. The number of hydrogen-bond donors (Lipinski definition) is 2. The molecule has 2 aromatic carbocycles. The van der Waals surface area contributed by atoms with Gasteiger partial charge in [0.1, 0.15) is 5.75 Å². The summed E-state index contributed by atoms with van der Waals surface area (Å²) in [6.45, 7) is 3.46. The molecule has 0 atom stereocenters. The second-order valence-electron chi connectivity index (χ2n) is 6.87. The number of ether oxygens (including phenoxy) is 1. The Morgan fingerprint density at radius 3 is 2.68 bits per heavy atom. The van der Waals surface area contributed by atoms with E-state index in [0.717, 1.165) is 0 Å². The van der Waals surface area contributed by atoms with Gasteiger partial charge in [-0.1, -0.05) is 17.7 Å². The van der Waals surface area contributed by atoms with E-state index in [-0.39, 0.29) is 30.3 Å². The highest BCUT2D eigenvalue weighted by atomic mass is 35.5. The third kappa shape index (κ3) is 4.09. The van der Waals surface area contributed by atoms with Gasteiger partial charge in [-0.15, -0.1) is 0 Å². The van der Waals surface area contributed by atoms with Gasteiger partial charge in [0.15, 0.2) is 5.60 Å². The van der Waals surface area contributed by atoms with Gasteiger partial charge in [0.05, 0.1) is 11.3 Å². The Bertz CT molecular complexity index is 957. The van der Waals surface area contributed by atoms with E-state index in [4.69, 9.17) is 21.4 Å². The molecule has 0 unspecified atom stereocenters. The Hall–Kier alpha value is -3.06. The molecule has 2 aromatic rings. The zero-order chi connectivity index (χ0) is 20.5. The van der Waals surface area contributed by atoms with Crippen LogP contribution in [0.2, 0.25) is 5.02 Å². The molecule has 2 N–H and O–H groups in total. The Kier molecular flexibility index (Phi) is 5.29. The van der Waals surface area contributed by atoms with E-state index >= 15 is 0 Å². The number of carbonyl (C=O) groups is 3. The van der Waals surface area contributed by atoms with E-state index < -0.39 is 11.6 Å². The SMILES string of the molecule is CC1(C)Oc2ccc(Cl)cc2N(CCC(=O)Nc2cccc(C(=O)O)c2)C1=O. The van der Waals surface area contributed by atoms with Crippen LogP contribution in [0.15, 0.2) is 42.5 Å². The second-order valence-corrected chi connectivity index (χ2v) is 7.30. The van der Waals surface area contributed by atoms with Crippen molar-refractivity contribution < 1.29 is 24.2 Å². The smallest absolute Gasteiger partial charge is 0.335 e. The topological polar surface area (TPSA) is 95.9 Å². The molecule has 1 aliphatic heterocycles. The van der Waals surface area contributed by atoms with Crippen molar-refractivity contribution in [3.05, 3.63) is 53.1 Å². The molecule has 146 valence electrons. The first-order valence-corrected chi connectivity index (χ1v) is 8.99. The second kappa shape index (κ2) is 7.52. The zero-order valence-corrected chi connectivity index (χ0v) is 16.1. The van der Waals surface area contributed by atoms with Gasteiger partial charge in [0.25, 0.3) is 5.91 Å². The standard InChI is InChI=1S/C20H19ClN2O5/c1-20(2)19(27)23(15-11-13(21)6-7-16(15)28-20)9-8-17(24)22-14-5-3-4-12(10-14)18(25)26/h3-7,10-11H,8-9H2,1-2H3,(H,22,24)(H,25,26). The van der Waals surface area contributed by atoms with Gasteiger partial charge in [-0.2, -0.15) is 0 Å². The first-order chi connectivity index (χ1) is 13.2. The van der Waals surface area contributed by atoms with Gasteiger partial charge in [-0.05, 0) is 50.2 Å². The number of carboxylic acids is 1. The highest BCUT2D eigenvalue weighted by Crippen LogP contribution is 2.39. The van der Waals surface area contributed by atoms with Crippen LogP contribution in [0.5, 0.6) is 5.75 Å². The Labute approximate surface area is 166 Å². The van der Waals surface area contributed by atoms with Gasteiger partial charge in [0, 0.05) is 23.7 Å². The van der Waals surface area contributed by atoms with Crippen LogP contribution < -0.4 is 15.0 Å². The van der Waals surface area contributed by atoms with Crippen LogP contribution >= 0.6 is 11.6 Å². The van der Waals surface area contributed by atoms with E-state index in [1.165, 1.54) is 17.0 Å². The van der Waals surface area contributed by atoms with Gasteiger partial charge in [-0.25, -0.2) is 4.79 Å². The minimum absolute atomic E-state index is 0.0189. The molecule has 0 saturated carbocycles. The first kappa shape index (κ1) is 19.7. The number of carboxylic acid groups (broad SMARTS) is 1. The third-order valence-electron chi connectivity index (χ3n) is 4.29. The molecule has 0 spiro atoms. The van der Waals surface area contributed by atoms with E-state index in [1.54, 1.807) is 44.2 Å². The molecule has 0 aromatic heterocycles. The predicted molar refractivity (Wildman–Crippen MR) is 105 cm³/mol. The maximum atomic E-state index is 12.8. The lowest BCUT2D eigenvalue weighted by Crippen LogP contribution is -2.53. The molecule has 0 bridgehead atoms. The van der Waals surface area contributed by atoms with Crippen LogP contribution in [0.1, 0.15) is 30.6 Å². The average Bonchev–Trinajstić information content (AvgIpc) is 2.63. The quantitative estimate of drug-likeness (QED) is 0.797. The van der Waals surface area contributed by atoms with E-state index in [1.807, 2.05) is 0 Å². The fourth-order valence-electron chi connectivity index (χ4n) is 2.93. The molecule has 0 fully saturated rings. The van der Waals surface area contributed by atoms with Crippen LogP contribution in [0.3, 0.4) is 0 Å². The van der Waals surface area contributed by atoms with Crippen LogP contribution in [0, 0.1) is 0 Å². The maximum Gasteiger partial charge on any atom is 0.335 e. The Balaban J connectivity index is 1.73. The molecule has 2 amide bonds. The summed E-state index contributed by atoms with van der Waals surface area (Å²) >= 11 is 6.05. The van der Waals surface area contributed by atoms with Gasteiger partial charge in [-0.3, -0.25) is 9.59 Å². The average molecular weight is 403 g/mol. The molecule has 28 heavy (non-hydrogen) atoms. The first-order valence-electron chi connectivity index (χ1n) is 8.61. The molecule has 1 heterocycles. The Morgan fingerprint density at radius 1 is 1.21 bits per heavy atom. The van der Waals surface area contributed by atoms with Crippen molar-refractivity contribution in [2.24, 2.45) is 0 Å². The number of aromatic carboxylic acids is 1. The summed E-state index contributed by atoms with van der Waals surface area (Å²) in [5.74, 6) is -1.18. The summed E-state index contributed by atoms with van der Waals surface area (Å²) < 4.78 is 5.75. The Morgan fingerprint density at radius 2 is 1.96 bits per heavy atom. The van der Waals surface area contributed by atoms with E-state index in [2.05, 4.69) is 5.32 Å². The molecule has 7 nitrogen and oxygen atoms in total. The van der Waals surface area contributed by atoms with Crippen molar-refractivity contribution >= 4 is 40.8 Å². The number of nitrogens with one attached hydrogen (secondary N) is 1. The lowest BCUT2D eigenvalue weighted by molar-refractivity contribution is -0.132. The number of anilines is 2. The lowest BCUT2D eigenvalue weighted by Gasteiger charge is -2.38. The number of halogens is 1. The fraction of sp³-hybridized carbons (Fsp3) is 0.250. The van der Waals surface area contributed by atoms with Crippen molar-refractivity contribution in [3.8, 4) is 5.75 Å². The number of benzene rings is 2. The van der Waals surface area contributed by atoms with Crippen molar-refractivity contribution in [1.29, 1.82) is 0 Å². The van der Waals surface area contributed by atoms with Gasteiger partial charge < -0.3 is 20.1 Å². The van der Waals surface area contributed by atoms with Gasteiger partial charge >= 0.3 is 5.97 Å². The maximum absolute atomic E-state index is 12.8. The fourth-order valence-corrected chi connectivity index (χ4v) is 3.10. The normalized spacial score (nSPS) is 14.8. The number of amides is 2. The van der Waals surface area contributed by atoms with Crippen LogP contribution in [0.25, 0.3) is 0 Å². The lowest BCUT2D eigenvalue weighted by atomic mass is 10.0. The van der Waals surface area contributed by atoms with E-state index in [0.29, 0.717) is 22.1 Å². The molecule has 0 aliphatic carbocycles. The number of fused-ring (bicyclic) bond motifs is 1. The third-order valence-corrected chi connectivity index (χ3v) is 4.53. The van der Waals surface area contributed by atoms with Crippen LogP contribution in [-0.2, 0) is 9.59 Å². The predicted octanol–water partition coefficient (Wildman–Crippen LogP) is 3.57. The highest BCUT2D eigenvalue weighted by Gasteiger charge is 2.40. The van der Waals surface area contributed by atoms with Crippen LogP contribution in [-0.4, -0.2) is 35.0 Å². The van der Waals surface area contributed by atoms with Gasteiger partial charge in [0.2, 0.25) is 5.91 Å². The monoisotopic (exact) mass is 402 g/mol. The minimum Gasteiger partial charge on any atom is -0.478 e. The summed E-state index contributed by atoms with van der Waals surface area (Å²) in [4.78, 5) is 37.6. The molecule has 0 radical (unpaired) electrons. The van der Waals surface area contributed by atoms with Crippen molar-refractivity contribution in [2.45, 2.75) is 25.9 Å². The number of hydrogen-bond acceptors (Lipinski definition) is 4. The molecule has 8 heteroatoms. The molecular weight excluding hydrogens is 384 g/mol. The summed E-state index contributed by atoms with van der Waals surface area (Å²) in [5.41, 5.74) is -0.0985. The summed E-state index contributed by atoms with van der Waals surface area (Å²) in [6, 6.07) is 10.9. The summed E-state index contributed by atoms with van der Waals surface area (Å²) in [7, 11) is 0.